The number of amides is 2. The molecule has 1 aromatic heterocycles. The van der Waals surface area contributed by atoms with Crippen molar-refractivity contribution in [1.82, 2.24) is 25.6 Å². The average molecular weight is 768 g/mol. The molecule has 3 aliphatic heterocycles. The Hall–Kier alpha value is -3.31. The van der Waals surface area contributed by atoms with E-state index in [0.717, 1.165) is 17.7 Å². The summed E-state index contributed by atoms with van der Waals surface area (Å²) >= 11 is 0. The van der Waals surface area contributed by atoms with Gasteiger partial charge in [-0.15, -0.1) is 5.10 Å². The monoisotopic (exact) mass is 767 g/mol. The van der Waals surface area contributed by atoms with Gasteiger partial charge in [0.2, 0.25) is 11.8 Å². The van der Waals surface area contributed by atoms with Crippen LogP contribution >= 0.6 is 0 Å². The number of aliphatic carboxylic acids is 1. The Kier molecular flexibility index (Phi) is 14.3. The molecule has 3 fully saturated rings. The normalized spacial score (nSPS) is 38.7. The third kappa shape index (κ3) is 9.32. The Labute approximate surface area is 299 Å². The Bertz CT molecular complexity index is 1420. The van der Waals surface area contributed by atoms with Gasteiger partial charge in [0, 0.05) is 13.3 Å². The highest BCUT2D eigenvalue weighted by Crippen LogP contribution is 2.36. The van der Waals surface area contributed by atoms with E-state index < -0.39 is 142 Å². The van der Waals surface area contributed by atoms with Crippen LogP contribution in [0.2, 0.25) is 0 Å². The number of hydrogen-bond donors (Lipinski definition) is 13. The van der Waals surface area contributed by atoms with Gasteiger partial charge >= 0.3 is 5.97 Å². The van der Waals surface area contributed by atoms with Gasteiger partial charge in [-0.1, -0.05) is 11.8 Å². The summed E-state index contributed by atoms with van der Waals surface area (Å²) in [4.78, 5) is 35.8. The van der Waals surface area contributed by atoms with Crippen LogP contribution in [-0.2, 0) is 44.6 Å². The number of aromatic nitrogens is 3. The summed E-state index contributed by atoms with van der Waals surface area (Å²) in [6.45, 7) is 1.44. The molecule has 53 heavy (non-hydrogen) atoms. The molecule has 0 aromatic carbocycles. The number of carbonyl (C=O) groups excluding carboxylic acids is 2. The van der Waals surface area contributed by atoms with E-state index in [1.165, 1.54) is 6.20 Å². The second-order valence-electron chi connectivity index (χ2n) is 12.6. The summed E-state index contributed by atoms with van der Waals surface area (Å²) < 4.78 is 29.0. The first-order valence-electron chi connectivity index (χ1n) is 16.2. The van der Waals surface area contributed by atoms with Gasteiger partial charge in [0.25, 0.3) is 5.79 Å². The van der Waals surface area contributed by atoms with Crippen LogP contribution in [0.25, 0.3) is 0 Å². The van der Waals surface area contributed by atoms with E-state index >= 15 is 0 Å². The first-order valence-corrected chi connectivity index (χ1v) is 16.2. The third-order valence-corrected chi connectivity index (χ3v) is 8.91. The van der Waals surface area contributed by atoms with Gasteiger partial charge < -0.3 is 90.5 Å². The van der Waals surface area contributed by atoms with Crippen LogP contribution in [0.15, 0.2) is 18.9 Å². The van der Waals surface area contributed by atoms with Gasteiger partial charge in [-0.05, 0) is 6.08 Å². The quantitative estimate of drug-likeness (QED) is 0.0737. The summed E-state index contributed by atoms with van der Waals surface area (Å²) in [6.07, 6.45) is -24.4. The van der Waals surface area contributed by atoms with E-state index in [1.54, 1.807) is 0 Å². The lowest BCUT2D eigenvalue weighted by molar-refractivity contribution is -0.359. The Morgan fingerprint density at radius 3 is 2.36 bits per heavy atom. The molecular weight excluding hydrogens is 722 g/mol. The minimum Gasteiger partial charge on any atom is -0.477 e. The zero-order valence-corrected chi connectivity index (χ0v) is 28.1. The lowest BCUT2D eigenvalue weighted by atomic mass is 9.88. The molecule has 1 unspecified atom stereocenters. The highest BCUT2D eigenvalue weighted by molar-refractivity contribution is 5.86. The van der Waals surface area contributed by atoms with E-state index in [4.69, 9.17) is 23.7 Å². The van der Waals surface area contributed by atoms with Crippen molar-refractivity contribution in [2.24, 2.45) is 0 Å². The van der Waals surface area contributed by atoms with Crippen molar-refractivity contribution in [2.45, 2.75) is 117 Å². The molecule has 0 saturated carbocycles. The predicted octanol–water partition coefficient (Wildman–Crippen LogP) is -7.95. The second kappa shape index (κ2) is 17.9. The fourth-order valence-corrected chi connectivity index (χ4v) is 6.04. The van der Waals surface area contributed by atoms with Gasteiger partial charge in [0.15, 0.2) is 12.5 Å². The van der Waals surface area contributed by atoms with Crippen molar-refractivity contribution < 1.29 is 94.2 Å². The first-order chi connectivity index (χ1) is 25.0. The molecule has 13 N–H and O–H groups in total. The number of aliphatic hydroxyl groups excluding tert-OH is 10. The van der Waals surface area contributed by atoms with Crippen LogP contribution in [0.1, 0.15) is 25.3 Å². The Morgan fingerprint density at radius 2 is 1.75 bits per heavy atom. The smallest absolute Gasteiger partial charge is 0.364 e. The Morgan fingerprint density at radius 1 is 1.06 bits per heavy atom. The van der Waals surface area contributed by atoms with E-state index in [-0.39, 0.29) is 12.2 Å². The molecule has 0 aliphatic carbocycles. The molecule has 3 saturated heterocycles. The predicted molar refractivity (Wildman–Crippen MR) is 165 cm³/mol. The number of rotatable bonds is 15. The third-order valence-electron chi connectivity index (χ3n) is 8.91. The summed E-state index contributed by atoms with van der Waals surface area (Å²) in [6, 6.07) is -1.50. The SMILES string of the molecule is C=CC(=O)NCc1cn(C2O[C@H](CO)[C@@H](O[C@@H]3O[C@H](CO[C@]4(C(=O)O)C[C@H](O)[C@@H](NC(C)=O)[C@H]([C@H](O)[C@H](O)CO)O4)[C@H](O)[C@H](O)[C@H]3O)[C@H](O)[C@H]2O)nn1. The zero-order chi connectivity index (χ0) is 39.4. The maximum atomic E-state index is 12.5. The minimum absolute atomic E-state index is 0.0748. The fraction of sp³-hybridized carbons (Fsp3) is 0.759. The first kappa shape index (κ1) is 42.4. The highest BCUT2D eigenvalue weighted by atomic mass is 16.8. The number of nitrogens with one attached hydrogen (secondary N) is 2. The van der Waals surface area contributed by atoms with Crippen LogP contribution in [0.5, 0.6) is 0 Å². The van der Waals surface area contributed by atoms with E-state index in [1.807, 2.05) is 0 Å². The lowest BCUT2D eigenvalue weighted by Gasteiger charge is -2.48. The maximum absolute atomic E-state index is 12.5. The van der Waals surface area contributed by atoms with Gasteiger partial charge in [-0.3, -0.25) is 9.59 Å². The topological polar surface area (TPSA) is 375 Å². The number of carboxylic acids is 1. The van der Waals surface area contributed by atoms with Crippen molar-refractivity contribution in [3.05, 3.63) is 24.5 Å². The largest absolute Gasteiger partial charge is 0.477 e. The van der Waals surface area contributed by atoms with Crippen LogP contribution in [-0.4, -0.2) is 200 Å². The summed E-state index contributed by atoms with van der Waals surface area (Å²) in [7, 11) is 0. The van der Waals surface area contributed by atoms with Gasteiger partial charge in [0.1, 0.15) is 72.8 Å². The van der Waals surface area contributed by atoms with Gasteiger partial charge in [-0.25, -0.2) is 9.48 Å². The molecule has 4 heterocycles. The molecular formula is C29H45N5O19. The molecule has 24 nitrogen and oxygen atoms in total. The highest BCUT2D eigenvalue weighted by Gasteiger charge is 2.57. The molecule has 0 radical (unpaired) electrons. The summed E-state index contributed by atoms with van der Waals surface area (Å²) in [5.74, 6) is -5.97. The summed E-state index contributed by atoms with van der Waals surface area (Å²) in [5.41, 5.74) is 0.226. The molecule has 300 valence electrons. The van der Waals surface area contributed by atoms with Crippen LogP contribution in [0.3, 0.4) is 0 Å². The van der Waals surface area contributed by atoms with Crippen molar-refractivity contribution >= 4 is 17.8 Å². The number of carbonyl (C=O) groups is 3. The van der Waals surface area contributed by atoms with E-state index in [0.29, 0.717) is 0 Å². The molecule has 4 rings (SSSR count). The Balaban J connectivity index is 1.49. The number of aliphatic hydroxyl groups is 10. The lowest BCUT2D eigenvalue weighted by Crippen LogP contribution is -2.68. The molecule has 0 bridgehead atoms. The van der Waals surface area contributed by atoms with Crippen molar-refractivity contribution in [1.29, 1.82) is 0 Å². The van der Waals surface area contributed by atoms with E-state index in [2.05, 4.69) is 27.5 Å². The van der Waals surface area contributed by atoms with Crippen LogP contribution < -0.4 is 10.6 Å². The molecule has 2 amide bonds. The summed E-state index contributed by atoms with van der Waals surface area (Å²) in [5, 5.41) is 127. The van der Waals surface area contributed by atoms with Crippen LogP contribution in [0.4, 0.5) is 0 Å². The van der Waals surface area contributed by atoms with Gasteiger partial charge in [-0.2, -0.15) is 0 Å². The van der Waals surface area contributed by atoms with Gasteiger partial charge in [0.05, 0.1) is 44.7 Å². The molecule has 24 heteroatoms. The second-order valence-corrected chi connectivity index (χ2v) is 12.6. The number of nitrogens with zero attached hydrogens (tertiary/aromatic N) is 3. The maximum Gasteiger partial charge on any atom is 0.364 e. The van der Waals surface area contributed by atoms with Crippen LogP contribution in [0, 0.1) is 0 Å². The minimum atomic E-state index is -2.86. The molecule has 0 spiro atoms. The standard InChI is InChI=1S/C29H45N5O19/c1-3-16(40)30-5-11-6-34(33-32-11)26-22(45)21(44)24(14(8-36)50-26)52-27-23(46)20(43)19(42)15(51-27)9-49-29(28(47)48)4-12(38)17(31-10(2)37)25(53-29)18(41)13(39)7-35/h3,6,12-15,17-27,35-36,38-39,41-46H,1,4-5,7-9H2,2H3,(H,30,40)(H,31,37)(H,47,48)/t12-,13+,14+,15+,17+,18+,19-,20-,21+,22+,23+,24+,25+,26?,27-,29+/m0/s1. The molecule has 3 aliphatic rings. The number of hydrogen-bond acceptors (Lipinski definition) is 20. The number of carboxylic acid groups (broad SMARTS) is 1. The number of ether oxygens (including phenoxy) is 5. The van der Waals surface area contributed by atoms with E-state index in [9.17, 15) is 70.6 Å². The van der Waals surface area contributed by atoms with Crippen molar-refractivity contribution in [3.8, 4) is 0 Å². The zero-order valence-electron chi connectivity index (χ0n) is 28.1. The fourth-order valence-electron chi connectivity index (χ4n) is 6.04. The van der Waals surface area contributed by atoms with Crippen molar-refractivity contribution in [3.63, 3.8) is 0 Å². The molecule has 16 atom stereocenters. The molecule has 1 aromatic rings. The average Bonchev–Trinajstić information content (AvgIpc) is 3.60. The van der Waals surface area contributed by atoms with Crippen molar-refractivity contribution in [2.75, 3.05) is 19.8 Å².